The Labute approximate surface area is 817 Å². The molecule has 15 aromatic rings. The normalized spacial score (nSPS) is 16.5. The number of pyridine rings is 3. The molecule has 0 unspecified atom stereocenters. The molecule has 8 aliphatic heterocycles. The number of carbonyl (C=O) groups is 4. The summed E-state index contributed by atoms with van der Waals surface area (Å²) in [5.74, 6) is 1.96. The molecule has 0 spiro atoms. The maximum Gasteiger partial charge on any atom is 0.282 e. The highest BCUT2D eigenvalue weighted by Gasteiger charge is 2.38. The third-order valence-electron chi connectivity index (χ3n) is 28.8. The van der Waals surface area contributed by atoms with Crippen molar-refractivity contribution in [3.63, 3.8) is 0 Å². The van der Waals surface area contributed by atoms with Crippen LogP contribution in [0, 0.1) is 11.3 Å². The minimum Gasteiger partial charge on any atom is -0.457 e. The number of aryl methyl sites for hydroxylation is 3. The lowest BCUT2D eigenvalue weighted by molar-refractivity contribution is -0.132. The Kier molecular flexibility index (Phi) is 27.7. The maximum atomic E-state index is 13.7. The van der Waals surface area contributed by atoms with Gasteiger partial charge in [-0.15, -0.1) is 0 Å². The van der Waals surface area contributed by atoms with Gasteiger partial charge in [-0.2, -0.15) is 41.0 Å². The summed E-state index contributed by atoms with van der Waals surface area (Å²) in [4.78, 5) is 70.6. The second-order valence-electron chi connectivity index (χ2n) is 37.4. The van der Waals surface area contributed by atoms with Crippen LogP contribution in [0.15, 0.2) is 165 Å². The van der Waals surface area contributed by atoms with Crippen molar-refractivity contribution >= 4 is 55.9 Å². The molecule has 4 amide bonds. The Morgan fingerprint density at radius 1 is 0.415 bits per heavy atom. The van der Waals surface area contributed by atoms with Gasteiger partial charge in [-0.05, 0) is 110 Å². The molecule has 0 aliphatic carbocycles. The lowest BCUT2D eigenvalue weighted by atomic mass is 9.96. The molecule has 0 saturated carbocycles. The Hall–Kier alpha value is -14.5. The van der Waals surface area contributed by atoms with Crippen molar-refractivity contribution in [1.82, 2.24) is 103 Å². The number of aromatic nitrogens is 17. The molecule has 732 valence electrons. The van der Waals surface area contributed by atoms with E-state index in [0.29, 0.717) is 130 Å². The minimum absolute atomic E-state index is 0.0472. The summed E-state index contributed by atoms with van der Waals surface area (Å²) in [6, 6.07) is 44.9. The standard InChI is InChI=1S/2C27H28F2N6O2.C27H27N7O2.C26H29N3O3/c1-16(36)34-9-6-24-22(15-34)25(32-35(24)18-7-10-37-11-8-18)19-5-3-4-17-12-23(30-13-20(17)19)21-14-33(2)31-26(21)27(28)29;1-16(36)34-9-6-24-22(15-34)25(32-35(24)18-7-10-37-11-8-18)19-5-3-4-17-12-23(30-13-20(17)19)21-14-31-33(2)26(21)27(28)29;1-17(35)33-9-6-25-23(16-33)27(31-34(25)19-7-10-36-11-8-19)20-5-3-4-18-12-24(29-14-21(18)20)22-15-30-32(2)26(22)13-28;1-2-25(30)28-14-11-24-23(18-28)26(27-29(24)20-12-15-31-16-13-20)19-7-6-10-22(17-19)32-21-8-4-3-5-9-21/h2*3-5,12-14,18,27H,6-11,15H2,1-2H3;3-5,12,14-15,19H,6-11,16H2,1-2H3;3-10,17,20H,2,11-16,18H2,1H3. The average Bonchev–Trinajstić information content (AvgIpc) is 1.54. The average molecular weight is 1930 g/mol. The van der Waals surface area contributed by atoms with Crippen LogP contribution in [-0.2, 0) is 111 Å². The summed E-state index contributed by atoms with van der Waals surface area (Å²) in [5, 5.41) is 47.8. The van der Waals surface area contributed by atoms with Crippen molar-refractivity contribution in [3.05, 3.63) is 227 Å². The molecule has 31 nitrogen and oxygen atoms in total. The Balaban J connectivity index is 0.000000116. The number of fused-ring (bicyclic) bond motifs is 7. The van der Waals surface area contributed by atoms with Gasteiger partial charge in [-0.3, -0.25) is 66.9 Å². The zero-order valence-electron chi connectivity index (χ0n) is 80.6. The summed E-state index contributed by atoms with van der Waals surface area (Å²) < 4.78 is 95.8. The molecule has 0 radical (unpaired) electrons. The molecule has 142 heavy (non-hydrogen) atoms. The van der Waals surface area contributed by atoms with Crippen LogP contribution in [0.4, 0.5) is 17.6 Å². The fourth-order valence-electron chi connectivity index (χ4n) is 21.3. The van der Waals surface area contributed by atoms with Crippen molar-refractivity contribution in [2.24, 2.45) is 21.1 Å². The number of amides is 4. The van der Waals surface area contributed by atoms with Crippen LogP contribution in [0.25, 0.3) is 111 Å². The Morgan fingerprint density at radius 2 is 0.789 bits per heavy atom. The molecule has 4 saturated heterocycles. The predicted octanol–water partition coefficient (Wildman–Crippen LogP) is 18.0. The van der Waals surface area contributed by atoms with Crippen molar-refractivity contribution in [3.8, 4) is 96.4 Å². The zero-order chi connectivity index (χ0) is 98.1. The van der Waals surface area contributed by atoms with Crippen molar-refractivity contribution < 1.29 is 60.4 Å². The molecule has 8 aliphatic rings. The number of hydrogen-bond acceptors (Lipinski definition) is 20. The smallest absolute Gasteiger partial charge is 0.282 e. The number of halogens is 4. The largest absolute Gasteiger partial charge is 0.457 e. The summed E-state index contributed by atoms with van der Waals surface area (Å²) in [6.07, 6.45) is 15.8. The molecule has 35 heteroatoms. The van der Waals surface area contributed by atoms with Crippen LogP contribution in [0.3, 0.4) is 0 Å². The first kappa shape index (κ1) is 95.1. The molecule has 0 N–H and O–H groups in total. The Morgan fingerprint density at radius 3 is 1.20 bits per heavy atom. The van der Waals surface area contributed by atoms with E-state index in [2.05, 4.69) is 68.3 Å². The van der Waals surface area contributed by atoms with Crippen molar-refractivity contribution in [2.45, 2.75) is 174 Å². The van der Waals surface area contributed by atoms with Gasteiger partial charge in [-0.1, -0.05) is 91.9 Å². The van der Waals surface area contributed by atoms with Crippen molar-refractivity contribution in [2.75, 3.05) is 79.0 Å². The van der Waals surface area contributed by atoms with Gasteiger partial charge in [0.2, 0.25) is 23.6 Å². The van der Waals surface area contributed by atoms with E-state index < -0.39 is 12.9 Å². The SMILES string of the molecule is CC(=O)N1CCc2c(c(-c3cccc4cc(-c5cn(C)nc5C(F)F)ncc34)nn2C2CCOCC2)C1.CC(=O)N1CCc2c(c(-c3cccc4cc(-c5cnn(C)c5C#N)ncc34)nn2C2CCOCC2)C1.CC(=O)N1CCc2c(c(-c3cccc4cc(-c5cnn(C)c5C(F)F)ncc34)nn2C2CCOCC2)C1.CCC(=O)N1CCc2c(c(-c3cccc(Oc4ccccc4)c3)nn2C2CCOCC2)C1. The molecule has 10 aromatic heterocycles. The number of nitriles is 1. The van der Waals surface area contributed by atoms with E-state index in [1.54, 1.807) is 64.3 Å². The summed E-state index contributed by atoms with van der Waals surface area (Å²) in [5.41, 5.74) is 19.7. The first-order valence-corrected chi connectivity index (χ1v) is 48.9. The van der Waals surface area contributed by atoms with E-state index in [9.17, 15) is 42.0 Å². The van der Waals surface area contributed by atoms with Gasteiger partial charge >= 0.3 is 0 Å². The highest BCUT2D eigenvalue weighted by atomic mass is 19.3. The number of nitrogens with zero attached hydrogens (tertiary/aromatic N) is 22. The highest BCUT2D eigenvalue weighted by molar-refractivity contribution is 6.00. The van der Waals surface area contributed by atoms with Crippen LogP contribution in [0.5, 0.6) is 11.5 Å². The highest BCUT2D eigenvalue weighted by Crippen LogP contribution is 2.46. The number of rotatable bonds is 16. The zero-order valence-corrected chi connectivity index (χ0v) is 80.6. The lowest BCUT2D eigenvalue weighted by Gasteiger charge is -2.30. The molecule has 0 bridgehead atoms. The molecular formula is C107H112F4N22O9. The second-order valence-corrected chi connectivity index (χ2v) is 37.4. The van der Waals surface area contributed by atoms with E-state index >= 15 is 0 Å². The molecule has 18 heterocycles. The summed E-state index contributed by atoms with van der Waals surface area (Å²) in [6.45, 7) is 17.7. The Bertz CT molecular complexity index is 7110. The monoisotopic (exact) mass is 1920 g/mol. The van der Waals surface area contributed by atoms with Gasteiger partial charge in [0.15, 0.2) is 0 Å². The number of alkyl halides is 4. The van der Waals surface area contributed by atoms with Crippen molar-refractivity contribution in [1.29, 1.82) is 5.26 Å². The quantitative estimate of drug-likeness (QED) is 0.0811. The summed E-state index contributed by atoms with van der Waals surface area (Å²) >= 11 is 0. The fraction of sp³-hybridized carbons (Fsp3) is 0.393. The molecule has 5 aromatic carbocycles. The second kappa shape index (κ2) is 41.4. The maximum absolute atomic E-state index is 13.7. The number of para-hydroxylation sites is 1. The molecule has 0 atom stereocenters. The van der Waals surface area contributed by atoms with Crippen LogP contribution in [0.1, 0.15) is 185 Å². The predicted molar refractivity (Wildman–Crippen MR) is 524 cm³/mol. The van der Waals surface area contributed by atoms with E-state index in [0.717, 1.165) is 216 Å². The number of carbonyl (C=O) groups excluding carboxylic acids is 4. The first-order chi connectivity index (χ1) is 69.1. The van der Waals surface area contributed by atoms with E-state index in [-0.39, 0.29) is 47.1 Å². The van der Waals surface area contributed by atoms with Gasteiger partial charge in [0.05, 0.1) is 82.0 Å². The van der Waals surface area contributed by atoms with E-state index in [1.807, 2.05) is 142 Å². The van der Waals surface area contributed by atoms with E-state index in [4.69, 9.17) is 49.1 Å². The molecular weight excluding hydrogens is 1810 g/mol. The van der Waals surface area contributed by atoms with Crippen LogP contribution in [0.2, 0.25) is 0 Å². The number of ether oxygens (including phenoxy) is 5. The molecule has 4 fully saturated rings. The van der Waals surface area contributed by atoms with Gasteiger partial charge in [0.1, 0.15) is 34.7 Å². The van der Waals surface area contributed by atoms with Gasteiger partial charge < -0.3 is 43.3 Å². The molecule has 23 rings (SSSR count). The third kappa shape index (κ3) is 19.2. The van der Waals surface area contributed by atoms with Gasteiger partial charge in [0, 0.05) is 299 Å². The third-order valence-corrected chi connectivity index (χ3v) is 28.8. The lowest BCUT2D eigenvalue weighted by Crippen LogP contribution is -2.36. The van der Waals surface area contributed by atoms with Crippen LogP contribution >= 0.6 is 0 Å². The minimum atomic E-state index is -2.69. The van der Waals surface area contributed by atoms with Crippen LogP contribution in [-0.4, -0.2) is 206 Å². The van der Waals surface area contributed by atoms with E-state index in [1.165, 1.54) is 50.9 Å². The topological polar surface area (TPSA) is 315 Å². The van der Waals surface area contributed by atoms with Gasteiger partial charge in [0.25, 0.3) is 12.9 Å². The fourth-order valence-corrected chi connectivity index (χ4v) is 21.3. The van der Waals surface area contributed by atoms with Gasteiger partial charge in [-0.25, -0.2) is 17.6 Å². The number of hydrogen-bond donors (Lipinski definition) is 0. The summed E-state index contributed by atoms with van der Waals surface area (Å²) in [7, 11) is 4.88. The number of benzene rings is 5. The van der Waals surface area contributed by atoms with Crippen LogP contribution < -0.4 is 4.74 Å². The first-order valence-electron chi connectivity index (χ1n) is 48.9.